The van der Waals surface area contributed by atoms with Crippen LogP contribution in [0.25, 0.3) is 0 Å². The third-order valence-electron chi connectivity index (χ3n) is 2.77. The molecule has 0 bridgehead atoms. The van der Waals surface area contributed by atoms with Gasteiger partial charge in [0.05, 0.1) is 25.4 Å². The van der Waals surface area contributed by atoms with Crippen LogP contribution in [0.3, 0.4) is 0 Å². The van der Waals surface area contributed by atoms with Gasteiger partial charge in [0.25, 0.3) is 0 Å². The molecule has 4 aliphatic rings. The van der Waals surface area contributed by atoms with Crippen molar-refractivity contribution >= 4 is 94.1 Å². The van der Waals surface area contributed by atoms with Gasteiger partial charge in [-0.3, -0.25) is 0 Å². The fourth-order valence-corrected chi connectivity index (χ4v) is 13.5. The maximum atomic E-state index is 2.33. The molecule has 8 heteroatoms. The SMILES string of the molecule is C(C=C1SC2=C(SCCS2)S1)=C1SC2=C(SCCCS2)S1. The standard InChI is InChI=1S/C13H12S8/c1-4-14-10-11(15-5-1)19-8(18-10)2-3-9-20-12-13(21-9)17-7-6-16-12/h2-3H,1,4-7H2. The van der Waals surface area contributed by atoms with E-state index in [1.165, 1.54) is 46.4 Å². The molecule has 21 heavy (non-hydrogen) atoms. The van der Waals surface area contributed by atoms with Crippen LogP contribution in [0.4, 0.5) is 0 Å². The van der Waals surface area contributed by atoms with Crippen molar-refractivity contribution < 1.29 is 0 Å². The number of rotatable bonds is 1. The summed E-state index contributed by atoms with van der Waals surface area (Å²) < 4.78 is 9.05. The number of hydrogen-bond donors (Lipinski definition) is 0. The summed E-state index contributed by atoms with van der Waals surface area (Å²) in [6.07, 6.45) is 5.99. The third kappa shape index (κ3) is 4.06. The van der Waals surface area contributed by atoms with Crippen molar-refractivity contribution in [2.75, 3.05) is 23.0 Å². The Hall–Kier alpha value is 1.76. The van der Waals surface area contributed by atoms with Crippen molar-refractivity contribution in [3.63, 3.8) is 0 Å². The predicted molar refractivity (Wildman–Crippen MR) is 115 cm³/mol. The summed E-state index contributed by atoms with van der Waals surface area (Å²) in [5.74, 6) is 5.10. The molecule has 0 fully saturated rings. The monoisotopic (exact) mass is 424 g/mol. The van der Waals surface area contributed by atoms with Gasteiger partial charge in [0, 0.05) is 11.5 Å². The van der Waals surface area contributed by atoms with Crippen molar-refractivity contribution in [2.24, 2.45) is 0 Å². The minimum Gasteiger partial charge on any atom is -0.117 e. The highest BCUT2D eigenvalue weighted by Crippen LogP contribution is 2.61. The maximum absolute atomic E-state index is 2.33. The van der Waals surface area contributed by atoms with Gasteiger partial charge in [-0.15, -0.1) is 47.0 Å². The van der Waals surface area contributed by atoms with Crippen molar-refractivity contribution in [3.8, 4) is 0 Å². The highest BCUT2D eigenvalue weighted by molar-refractivity contribution is 8.42. The van der Waals surface area contributed by atoms with E-state index in [2.05, 4.69) is 12.2 Å². The molecule has 0 spiro atoms. The quantitative estimate of drug-likeness (QED) is 0.426. The van der Waals surface area contributed by atoms with Crippen LogP contribution >= 0.6 is 94.1 Å². The molecule has 0 radical (unpaired) electrons. The lowest BCUT2D eigenvalue weighted by molar-refractivity contribution is 1.13. The first-order valence-electron chi connectivity index (χ1n) is 6.51. The largest absolute Gasteiger partial charge is 0.117 e. The molecule has 4 heterocycles. The molecule has 112 valence electrons. The van der Waals surface area contributed by atoms with Crippen LogP contribution in [0.2, 0.25) is 0 Å². The van der Waals surface area contributed by atoms with Crippen molar-refractivity contribution in [2.45, 2.75) is 6.42 Å². The minimum absolute atomic E-state index is 1.27. The summed E-state index contributed by atoms with van der Waals surface area (Å²) in [6.45, 7) is 0. The van der Waals surface area contributed by atoms with Gasteiger partial charge >= 0.3 is 0 Å². The fraction of sp³-hybridized carbons (Fsp3) is 0.385. The molecule has 0 atom stereocenters. The van der Waals surface area contributed by atoms with Gasteiger partial charge in [-0.25, -0.2) is 0 Å². The average Bonchev–Trinajstić information content (AvgIpc) is 3.03. The summed E-state index contributed by atoms with van der Waals surface area (Å²) in [5.41, 5.74) is 0. The van der Waals surface area contributed by atoms with E-state index in [1.807, 2.05) is 94.1 Å². The zero-order chi connectivity index (χ0) is 14.1. The lowest BCUT2D eigenvalue weighted by Crippen LogP contribution is -1.88. The Kier molecular flexibility index (Phi) is 6.00. The van der Waals surface area contributed by atoms with Gasteiger partial charge in [0.2, 0.25) is 0 Å². The van der Waals surface area contributed by atoms with Crippen LogP contribution in [-0.4, -0.2) is 23.0 Å². The molecule has 0 saturated carbocycles. The maximum Gasteiger partial charge on any atom is 0.0660 e. The lowest BCUT2D eigenvalue weighted by Gasteiger charge is -2.08. The Labute approximate surface area is 159 Å². The van der Waals surface area contributed by atoms with E-state index in [4.69, 9.17) is 0 Å². The second-order valence-corrected chi connectivity index (χ2v) is 14.5. The number of hydrogen-bond acceptors (Lipinski definition) is 8. The first-order valence-corrected chi connectivity index (χ1v) is 13.7. The van der Waals surface area contributed by atoms with Gasteiger partial charge in [-0.1, -0.05) is 47.0 Å². The van der Waals surface area contributed by atoms with Gasteiger partial charge < -0.3 is 0 Å². The summed E-state index contributed by atoms with van der Waals surface area (Å²) in [4.78, 5) is 0. The summed E-state index contributed by atoms with van der Waals surface area (Å²) in [7, 11) is 0. The Morgan fingerprint density at radius 2 is 0.905 bits per heavy atom. The Bertz CT molecular complexity index is 531. The molecule has 0 unspecified atom stereocenters. The molecule has 0 aliphatic carbocycles. The van der Waals surface area contributed by atoms with E-state index in [0.717, 1.165) is 0 Å². The normalized spacial score (nSPS) is 25.9. The second-order valence-electron chi connectivity index (χ2n) is 4.28. The van der Waals surface area contributed by atoms with Crippen molar-refractivity contribution in [3.05, 3.63) is 37.6 Å². The van der Waals surface area contributed by atoms with Gasteiger partial charge in [0.1, 0.15) is 0 Å². The zero-order valence-electron chi connectivity index (χ0n) is 11.0. The molecule has 0 saturated heterocycles. The van der Waals surface area contributed by atoms with Crippen molar-refractivity contribution in [1.29, 1.82) is 0 Å². The molecule has 0 nitrogen and oxygen atoms in total. The Morgan fingerprint density at radius 1 is 0.524 bits per heavy atom. The van der Waals surface area contributed by atoms with Crippen LogP contribution < -0.4 is 0 Å². The summed E-state index contributed by atoms with van der Waals surface area (Å²) >= 11 is 16.0. The minimum atomic E-state index is 1.27. The molecule has 4 rings (SSSR count). The number of thioether (sulfide) groups is 8. The Balaban J connectivity index is 1.40. The van der Waals surface area contributed by atoms with Gasteiger partial charge in [-0.2, -0.15) is 0 Å². The molecule has 0 amide bonds. The lowest BCUT2D eigenvalue weighted by atomic mass is 10.6. The smallest absolute Gasteiger partial charge is 0.0660 e. The van der Waals surface area contributed by atoms with Crippen LogP contribution in [-0.2, 0) is 0 Å². The third-order valence-corrected chi connectivity index (χ3v) is 14.0. The van der Waals surface area contributed by atoms with Crippen molar-refractivity contribution in [1.82, 2.24) is 0 Å². The van der Waals surface area contributed by atoms with E-state index in [-0.39, 0.29) is 0 Å². The van der Waals surface area contributed by atoms with E-state index in [9.17, 15) is 0 Å². The van der Waals surface area contributed by atoms with E-state index in [1.54, 1.807) is 8.47 Å². The average molecular weight is 425 g/mol. The molecular formula is C13H12S8. The Morgan fingerprint density at radius 3 is 1.33 bits per heavy atom. The molecule has 0 aromatic rings. The van der Waals surface area contributed by atoms with Gasteiger partial charge in [0.15, 0.2) is 0 Å². The molecule has 0 aromatic carbocycles. The first-order chi connectivity index (χ1) is 10.4. The number of allylic oxidation sites excluding steroid dienone is 2. The predicted octanol–water partition coefficient (Wildman–Crippen LogP) is 7.23. The summed E-state index contributed by atoms with van der Waals surface area (Å²) in [6, 6.07) is 0. The van der Waals surface area contributed by atoms with Crippen LogP contribution in [0, 0.1) is 0 Å². The summed E-state index contributed by atoms with van der Waals surface area (Å²) in [5, 5.41) is 0. The topological polar surface area (TPSA) is 0 Å². The van der Waals surface area contributed by atoms with Crippen LogP contribution in [0.5, 0.6) is 0 Å². The highest BCUT2D eigenvalue weighted by Gasteiger charge is 2.26. The van der Waals surface area contributed by atoms with Crippen LogP contribution in [0.15, 0.2) is 37.6 Å². The molecular weight excluding hydrogens is 413 g/mol. The second kappa shape index (κ2) is 7.76. The van der Waals surface area contributed by atoms with Crippen LogP contribution in [0.1, 0.15) is 6.42 Å². The first kappa shape index (κ1) is 16.2. The van der Waals surface area contributed by atoms with E-state index in [0.29, 0.717) is 0 Å². The molecule has 4 aliphatic heterocycles. The molecule has 0 aromatic heterocycles. The van der Waals surface area contributed by atoms with Gasteiger partial charge in [-0.05, 0) is 30.1 Å². The van der Waals surface area contributed by atoms with E-state index >= 15 is 0 Å². The highest BCUT2D eigenvalue weighted by atomic mass is 32.3. The fourth-order valence-electron chi connectivity index (χ4n) is 1.86. The van der Waals surface area contributed by atoms with E-state index < -0.39 is 0 Å². The zero-order valence-corrected chi connectivity index (χ0v) is 17.5. The molecule has 0 N–H and O–H groups in total.